The van der Waals surface area contributed by atoms with Crippen molar-refractivity contribution in [1.82, 2.24) is 0 Å². The van der Waals surface area contributed by atoms with Gasteiger partial charge in [-0.3, -0.25) is 14.4 Å². The van der Waals surface area contributed by atoms with Crippen LogP contribution in [-0.4, -0.2) is 62.4 Å². The van der Waals surface area contributed by atoms with E-state index < -0.39 is 36.4 Å². The van der Waals surface area contributed by atoms with Gasteiger partial charge >= 0.3 is 17.9 Å². The second-order valence-electron chi connectivity index (χ2n) is 4.53. The minimum atomic E-state index is -2.74. The molecule has 0 amide bonds. The maximum Gasteiger partial charge on any atom is 0.336 e. The monoisotopic (exact) mass is 344 g/mol. The first-order valence-electron chi connectivity index (χ1n) is 6.27. The second-order valence-corrected chi connectivity index (χ2v) is 4.53. The maximum absolute atomic E-state index is 10.3. The summed E-state index contributed by atoms with van der Waals surface area (Å²) in [5, 5.41) is 42.9. The summed E-state index contributed by atoms with van der Waals surface area (Å²) >= 11 is 0. The molecule has 10 nitrogen and oxygen atoms in total. The molecule has 0 aliphatic rings. The summed E-state index contributed by atoms with van der Waals surface area (Å²) < 4.78 is 4.78. The van der Waals surface area contributed by atoms with Gasteiger partial charge in [0.15, 0.2) is 17.1 Å². The number of hydrogen-bond acceptors (Lipinski definition) is 7. The molecule has 0 saturated heterocycles. The number of aromatic hydroxyl groups is 1. The minimum Gasteiger partial charge on any atom is -0.504 e. The Morgan fingerprint density at radius 2 is 1.62 bits per heavy atom. The molecule has 0 aromatic heterocycles. The smallest absolute Gasteiger partial charge is 0.336 e. The van der Waals surface area contributed by atoms with Gasteiger partial charge < -0.3 is 30.3 Å². The molecule has 0 heterocycles. The molecule has 0 atom stereocenters. The molecule has 10 heteroatoms. The molecule has 0 aliphatic heterocycles. The summed E-state index contributed by atoms with van der Waals surface area (Å²) in [6.45, 7) is 0. The highest BCUT2D eigenvalue weighted by molar-refractivity contribution is 5.88. The molecular weight excluding hydrogens is 328 g/mol. The van der Waals surface area contributed by atoms with E-state index >= 15 is 0 Å². The number of carbonyl (C=O) groups is 4. The van der Waals surface area contributed by atoms with Crippen LogP contribution in [0.1, 0.15) is 23.2 Å². The van der Waals surface area contributed by atoms with Crippen LogP contribution in [0, 0.1) is 0 Å². The Labute approximate surface area is 135 Å². The number of benzene rings is 1. The Morgan fingerprint density at radius 3 is 1.96 bits per heavy atom. The van der Waals surface area contributed by atoms with Crippen LogP contribution in [-0.2, 0) is 14.4 Å². The zero-order valence-electron chi connectivity index (χ0n) is 12.5. The van der Waals surface area contributed by atoms with Gasteiger partial charge in [-0.25, -0.2) is 4.79 Å². The zero-order chi connectivity index (χ0) is 18.9. The number of rotatable bonds is 7. The van der Waals surface area contributed by atoms with Gasteiger partial charge in [0.25, 0.3) is 0 Å². The van der Waals surface area contributed by atoms with Crippen LogP contribution in [0.4, 0.5) is 0 Å². The Balaban J connectivity index is 0.000000446. The van der Waals surface area contributed by atoms with Crippen molar-refractivity contribution < 1.29 is 49.4 Å². The van der Waals surface area contributed by atoms with Crippen molar-refractivity contribution >= 4 is 24.2 Å². The van der Waals surface area contributed by atoms with Crippen LogP contribution < -0.4 is 4.74 Å². The number of aldehydes is 1. The largest absolute Gasteiger partial charge is 0.504 e. The van der Waals surface area contributed by atoms with Gasteiger partial charge in [-0.15, -0.1) is 0 Å². The van der Waals surface area contributed by atoms with E-state index in [-0.39, 0.29) is 5.75 Å². The predicted octanol–water partition coefficient (Wildman–Crippen LogP) is -0.0352. The Morgan fingerprint density at radius 1 is 1.12 bits per heavy atom. The van der Waals surface area contributed by atoms with Crippen LogP contribution in [0.5, 0.6) is 11.5 Å². The summed E-state index contributed by atoms with van der Waals surface area (Å²) in [5.41, 5.74) is -2.25. The van der Waals surface area contributed by atoms with Crippen molar-refractivity contribution in [1.29, 1.82) is 0 Å². The molecule has 0 spiro atoms. The third kappa shape index (κ3) is 6.75. The number of hydrogen-bond donors (Lipinski definition) is 5. The minimum absolute atomic E-state index is 0.0399. The number of aliphatic hydroxyl groups is 1. The molecule has 5 N–H and O–H groups in total. The number of carbonyl (C=O) groups excluding carboxylic acids is 1. The standard InChI is InChI=1S/C8H8O3.C6H8O7/c1-11-8-4-6(5-9)2-3-7(8)10;7-3(8)1-6(13,5(11)12)2-4(9)10/h2-5,10H,1H3;13H,1-2H2,(H,7,8)(H,9,10)(H,11,12). The number of carboxylic acids is 3. The lowest BCUT2D eigenvalue weighted by Crippen LogP contribution is -2.42. The average Bonchev–Trinajstić information content (AvgIpc) is 2.46. The first-order valence-corrected chi connectivity index (χ1v) is 6.27. The van der Waals surface area contributed by atoms with E-state index in [0.29, 0.717) is 17.6 Å². The number of carboxylic acid groups (broad SMARTS) is 3. The second kappa shape index (κ2) is 9.10. The predicted molar refractivity (Wildman–Crippen MR) is 77.1 cm³/mol. The average molecular weight is 344 g/mol. The van der Waals surface area contributed by atoms with Crippen LogP contribution in [0.25, 0.3) is 0 Å². The molecule has 24 heavy (non-hydrogen) atoms. The van der Waals surface area contributed by atoms with Gasteiger partial charge in [0.2, 0.25) is 0 Å². The van der Waals surface area contributed by atoms with Crippen LogP contribution in [0.3, 0.4) is 0 Å². The highest BCUT2D eigenvalue weighted by Crippen LogP contribution is 2.25. The molecular formula is C14H16O10. The summed E-state index contributed by atoms with van der Waals surface area (Å²) in [5.74, 6) is -4.66. The Kier molecular flexibility index (Phi) is 7.91. The summed E-state index contributed by atoms with van der Waals surface area (Å²) in [4.78, 5) is 40.7. The van der Waals surface area contributed by atoms with Gasteiger partial charge in [0.05, 0.1) is 20.0 Å². The number of phenolic OH excluding ortho intramolecular Hbond substituents is 1. The quantitative estimate of drug-likeness (QED) is 0.421. The topological polar surface area (TPSA) is 179 Å². The molecule has 132 valence electrons. The third-order valence-corrected chi connectivity index (χ3v) is 2.63. The van der Waals surface area contributed by atoms with E-state index in [2.05, 4.69) is 0 Å². The molecule has 1 aromatic rings. The van der Waals surface area contributed by atoms with Crippen molar-refractivity contribution in [2.75, 3.05) is 7.11 Å². The highest BCUT2D eigenvalue weighted by atomic mass is 16.5. The molecule has 0 unspecified atom stereocenters. The number of methoxy groups -OCH3 is 1. The van der Waals surface area contributed by atoms with E-state index in [1.807, 2.05) is 0 Å². The highest BCUT2D eigenvalue weighted by Gasteiger charge is 2.40. The van der Waals surface area contributed by atoms with Gasteiger partial charge in [-0.2, -0.15) is 0 Å². The normalized spacial score (nSPS) is 10.1. The van der Waals surface area contributed by atoms with E-state index in [0.717, 1.165) is 0 Å². The van der Waals surface area contributed by atoms with Gasteiger partial charge in [0.1, 0.15) is 6.29 Å². The maximum atomic E-state index is 10.3. The van der Waals surface area contributed by atoms with E-state index in [1.54, 1.807) is 0 Å². The van der Waals surface area contributed by atoms with Gasteiger partial charge in [-0.1, -0.05) is 0 Å². The van der Waals surface area contributed by atoms with Crippen molar-refractivity contribution in [3.8, 4) is 11.5 Å². The third-order valence-electron chi connectivity index (χ3n) is 2.63. The van der Waals surface area contributed by atoms with Gasteiger partial charge in [0, 0.05) is 5.56 Å². The van der Waals surface area contributed by atoms with Crippen LogP contribution >= 0.6 is 0 Å². The molecule has 0 bridgehead atoms. The lowest BCUT2D eigenvalue weighted by Gasteiger charge is -2.18. The fourth-order valence-corrected chi connectivity index (χ4v) is 1.48. The zero-order valence-corrected chi connectivity index (χ0v) is 12.5. The first-order chi connectivity index (χ1) is 11.1. The van der Waals surface area contributed by atoms with Crippen molar-refractivity contribution in [3.63, 3.8) is 0 Å². The molecule has 0 aliphatic carbocycles. The lowest BCUT2D eigenvalue weighted by molar-refractivity contribution is -0.170. The first kappa shape index (κ1) is 20.9. The molecule has 0 saturated carbocycles. The summed E-state index contributed by atoms with van der Waals surface area (Å²) in [6.07, 6.45) is -1.59. The van der Waals surface area contributed by atoms with E-state index in [4.69, 9.17) is 30.3 Å². The SMILES string of the molecule is COc1cc(C=O)ccc1O.O=C(O)CC(O)(CC(=O)O)C(=O)O. The van der Waals surface area contributed by atoms with Gasteiger partial charge in [-0.05, 0) is 18.2 Å². The summed E-state index contributed by atoms with van der Waals surface area (Å²) in [7, 11) is 1.43. The van der Waals surface area contributed by atoms with E-state index in [1.165, 1.54) is 25.3 Å². The van der Waals surface area contributed by atoms with Crippen molar-refractivity contribution in [2.24, 2.45) is 0 Å². The number of aliphatic carboxylic acids is 3. The van der Waals surface area contributed by atoms with Crippen molar-refractivity contribution in [2.45, 2.75) is 18.4 Å². The van der Waals surface area contributed by atoms with Crippen LogP contribution in [0.2, 0.25) is 0 Å². The fourth-order valence-electron chi connectivity index (χ4n) is 1.48. The number of phenols is 1. The molecule has 1 rings (SSSR count). The Hall–Kier alpha value is -3.14. The Bertz CT molecular complexity index is 606. The summed E-state index contributed by atoms with van der Waals surface area (Å²) in [6, 6.07) is 4.41. The number of ether oxygens (including phenoxy) is 1. The fraction of sp³-hybridized carbons (Fsp3) is 0.286. The van der Waals surface area contributed by atoms with E-state index in [9.17, 15) is 19.2 Å². The lowest BCUT2D eigenvalue weighted by atomic mass is 9.96. The molecule has 1 aromatic carbocycles. The van der Waals surface area contributed by atoms with Crippen molar-refractivity contribution in [3.05, 3.63) is 23.8 Å². The molecule has 0 fully saturated rings. The van der Waals surface area contributed by atoms with Crippen LogP contribution in [0.15, 0.2) is 18.2 Å². The molecule has 0 radical (unpaired) electrons.